The van der Waals surface area contributed by atoms with Gasteiger partial charge in [0.15, 0.2) is 0 Å². The minimum atomic E-state index is -0.605. The number of rotatable bonds is 7. The topological polar surface area (TPSA) is 41.6 Å². The Kier molecular flexibility index (Phi) is 5.83. The number of hydrogen-bond acceptors (Lipinski definition) is 4. The molecule has 0 aromatic heterocycles. The van der Waals surface area contributed by atoms with Gasteiger partial charge in [0, 0.05) is 19.3 Å². The second kappa shape index (κ2) is 7.14. The largest absolute Gasteiger partial charge is 0.468 e. The maximum Gasteiger partial charge on any atom is 0.325 e. The first-order chi connectivity index (χ1) is 9.03. The van der Waals surface area contributed by atoms with E-state index in [0.29, 0.717) is 0 Å². The zero-order valence-corrected chi connectivity index (χ0v) is 12.3. The van der Waals surface area contributed by atoms with Gasteiger partial charge in [-0.3, -0.25) is 4.79 Å². The van der Waals surface area contributed by atoms with Crippen LogP contribution in [0.4, 0.5) is 5.69 Å². The Morgan fingerprint density at radius 3 is 2.53 bits per heavy atom. The average molecular weight is 264 g/mol. The first kappa shape index (κ1) is 15.5. The number of likely N-dealkylation sites (N-methyl/N-ethyl adjacent to an activating group) is 1. The molecule has 0 amide bonds. The Morgan fingerprint density at radius 2 is 2.00 bits per heavy atom. The molecule has 4 nitrogen and oxygen atoms in total. The van der Waals surface area contributed by atoms with Gasteiger partial charge in [0.25, 0.3) is 0 Å². The van der Waals surface area contributed by atoms with Crippen molar-refractivity contribution < 1.29 is 9.53 Å². The quantitative estimate of drug-likeness (QED) is 0.765. The molecule has 0 bridgehead atoms. The maximum absolute atomic E-state index is 11.7. The van der Waals surface area contributed by atoms with Crippen LogP contribution in [-0.4, -0.2) is 39.3 Å². The molecule has 1 rings (SSSR count). The minimum Gasteiger partial charge on any atom is -0.468 e. The molecule has 0 saturated carbocycles. The summed E-state index contributed by atoms with van der Waals surface area (Å²) >= 11 is 0. The van der Waals surface area contributed by atoms with Gasteiger partial charge in [-0.25, -0.2) is 0 Å². The Bertz CT molecular complexity index is 394. The highest BCUT2D eigenvalue weighted by Crippen LogP contribution is 2.16. The SMILES string of the molecule is CNC(C)(CCCN(C)c1ccccc1)C(=O)OC. The zero-order chi connectivity index (χ0) is 14.3. The van der Waals surface area contributed by atoms with Crippen LogP contribution in [0, 0.1) is 0 Å². The Morgan fingerprint density at radius 1 is 1.37 bits per heavy atom. The standard InChI is InChI=1S/C15H24N2O2/c1-15(16-2,14(18)19-4)11-8-12-17(3)13-9-6-5-7-10-13/h5-7,9-10,16H,8,11-12H2,1-4H3. The molecule has 0 spiro atoms. The third-order valence-corrected chi connectivity index (χ3v) is 3.55. The van der Waals surface area contributed by atoms with Crippen LogP contribution in [0.15, 0.2) is 30.3 Å². The van der Waals surface area contributed by atoms with Crippen LogP contribution in [-0.2, 0) is 9.53 Å². The van der Waals surface area contributed by atoms with E-state index >= 15 is 0 Å². The van der Waals surface area contributed by atoms with Gasteiger partial charge < -0.3 is 15.0 Å². The molecule has 1 N–H and O–H groups in total. The number of ether oxygens (including phenoxy) is 1. The van der Waals surface area contributed by atoms with Gasteiger partial charge >= 0.3 is 5.97 Å². The van der Waals surface area contributed by atoms with Gasteiger partial charge in [0.05, 0.1) is 7.11 Å². The van der Waals surface area contributed by atoms with E-state index in [0.717, 1.165) is 19.4 Å². The lowest BCUT2D eigenvalue weighted by Crippen LogP contribution is -2.48. The molecule has 0 fully saturated rings. The first-order valence-corrected chi connectivity index (χ1v) is 6.57. The smallest absolute Gasteiger partial charge is 0.325 e. The van der Waals surface area contributed by atoms with E-state index in [4.69, 9.17) is 4.74 Å². The van der Waals surface area contributed by atoms with Crippen molar-refractivity contribution in [1.82, 2.24) is 5.32 Å². The van der Waals surface area contributed by atoms with E-state index in [1.54, 1.807) is 7.05 Å². The number of hydrogen-bond donors (Lipinski definition) is 1. The molecule has 4 heteroatoms. The Labute approximate surface area is 115 Å². The Hall–Kier alpha value is -1.55. The van der Waals surface area contributed by atoms with Crippen LogP contribution in [0.2, 0.25) is 0 Å². The van der Waals surface area contributed by atoms with Crippen LogP contribution in [0.5, 0.6) is 0 Å². The number of nitrogens with zero attached hydrogens (tertiary/aromatic N) is 1. The summed E-state index contributed by atoms with van der Waals surface area (Å²) in [5.74, 6) is -0.211. The van der Waals surface area contributed by atoms with Gasteiger partial charge in [-0.2, -0.15) is 0 Å². The fourth-order valence-corrected chi connectivity index (χ4v) is 2.04. The molecule has 1 aromatic carbocycles. The molecule has 0 aliphatic heterocycles. The molecular formula is C15H24N2O2. The van der Waals surface area contributed by atoms with Crippen molar-refractivity contribution in [1.29, 1.82) is 0 Å². The van der Waals surface area contributed by atoms with E-state index in [-0.39, 0.29) is 5.97 Å². The molecule has 0 aliphatic carbocycles. The van der Waals surface area contributed by atoms with E-state index in [1.807, 2.05) is 25.1 Å². The summed E-state index contributed by atoms with van der Waals surface area (Å²) in [7, 11) is 5.27. The summed E-state index contributed by atoms with van der Waals surface area (Å²) in [6.07, 6.45) is 1.66. The lowest BCUT2D eigenvalue weighted by atomic mass is 9.96. The summed E-state index contributed by atoms with van der Waals surface area (Å²) in [6, 6.07) is 10.2. The van der Waals surface area contributed by atoms with E-state index in [1.165, 1.54) is 12.8 Å². The molecule has 1 atom stereocenters. The number of benzene rings is 1. The molecule has 0 radical (unpaired) electrons. The third-order valence-electron chi connectivity index (χ3n) is 3.55. The normalized spacial score (nSPS) is 13.7. The third kappa shape index (κ3) is 4.24. The van der Waals surface area contributed by atoms with Gasteiger partial charge in [0.2, 0.25) is 0 Å². The van der Waals surface area contributed by atoms with Crippen molar-refractivity contribution >= 4 is 11.7 Å². The molecular weight excluding hydrogens is 240 g/mol. The molecule has 106 valence electrons. The van der Waals surface area contributed by atoms with Gasteiger partial charge in [0.1, 0.15) is 5.54 Å². The summed E-state index contributed by atoms with van der Waals surface area (Å²) in [6.45, 7) is 2.78. The number of methoxy groups -OCH3 is 1. The highest BCUT2D eigenvalue weighted by atomic mass is 16.5. The number of nitrogens with one attached hydrogen (secondary N) is 1. The number of esters is 1. The summed E-state index contributed by atoms with van der Waals surface area (Å²) in [5.41, 5.74) is 0.582. The summed E-state index contributed by atoms with van der Waals surface area (Å²) in [5, 5.41) is 3.05. The summed E-state index contributed by atoms with van der Waals surface area (Å²) < 4.78 is 4.83. The van der Waals surface area contributed by atoms with Crippen molar-refractivity contribution in [2.24, 2.45) is 0 Å². The van der Waals surface area contributed by atoms with Crippen LogP contribution < -0.4 is 10.2 Å². The van der Waals surface area contributed by atoms with Crippen molar-refractivity contribution in [3.05, 3.63) is 30.3 Å². The van der Waals surface area contributed by atoms with Crippen molar-refractivity contribution in [3.8, 4) is 0 Å². The van der Waals surface area contributed by atoms with Crippen LogP contribution >= 0.6 is 0 Å². The highest BCUT2D eigenvalue weighted by molar-refractivity contribution is 5.80. The highest BCUT2D eigenvalue weighted by Gasteiger charge is 2.31. The molecule has 19 heavy (non-hydrogen) atoms. The monoisotopic (exact) mass is 264 g/mol. The maximum atomic E-state index is 11.7. The van der Waals surface area contributed by atoms with Crippen LogP contribution in [0.3, 0.4) is 0 Å². The number of para-hydroxylation sites is 1. The van der Waals surface area contributed by atoms with Gasteiger partial charge in [-0.05, 0) is 38.9 Å². The molecule has 0 saturated heterocycles. The second-order valence-corrected chi connectivity index (χ2v) is 4.93. The first-order valence-electron chi connectivity index (χ1n) is 6.57. The molecule has 1 aromatic rings. The molecule has 1 unspecified atom stereocenters. The lowest BCUT2D eigenvalue weighted by molar-refractivity contribution is -0.148. The van der Waals surface area contributed by atoms with Gasteiger partial charge in [-0.1, -0.05) is 18.2 Å². The number of carbonyl (C=O) groups excluding carboxylic acids is 1. The van der Waals surface area contributed by atoms with Crippen molar-refractivity contribution in [2.75, 3.05) is 32.6 Å². The predicted molar refractivity (Wildman–Crippen MR) is 78.4 cm³/mol. The minimum absolute atomic E-state index is 0.211. The van der Waals surface area contributed by atoms with Crippen LogP contribution in [0.25, 0.3) is 0 Å². The fourth-order valence-electron chi connectivity index (χ4n) is 2.04. The summed E-state index contributed by atoms with van der Waals surface area (Å²) in [4.78, 5) is 13.9. The van der Waals surface area contributed by atoms with Crippen molar-refractivity contribution in [3.63, 3.8) is 0 Å². The van der Waals surface area contributed by atoms with E-state index in [2.05, 4.69) is 29.4 Å². The zero-order valence-electron chi connectivity index (χ0n) is 12.3. The van der Waals surface area contributed by atoms with Crippen molar-refractivity contribution in [2.45, 2.75) is 25.3 Å². The number of carbonyl (C=O) groups is 1. The second-order valence-electron chi connectivity index (χ2n) is 4.93. The Balaban J connectivity index is 2.47. The van der Waals surface area contributed by atoms with E-state index < -0.39 is 5.54 Å². The average Bonchev–Trinajstić information content (AvgIpc) is 2.46. The van der Waals surface area contributed by atoms with Crippen LogP contribution in [0.1, 0.15) is 19.8 Å². The van der Waals surface area contributed by atoms with E-state index in [9.17, 15) is 4.79 Å². The number of anilines is 1. The predicted octanol–water partition coefficient (Wildman–Crippen LogP) is 2.05. The fraction of sp³-hybridized carbons (Fsp3) is 0.533. The van der Waals surface area contributed by atoms with Gasteiger partial charge in [-0.15, -0.1) is 0 Å². The molecule has 0 aliphatic rings. The lowest BCUT2D eigenvalue weighted by Gasteiger charge is -2.27. The molecule has 0 heterocycles.